The Bertz CT molecular complexity index is 973. The average Bonchev–Trinajstić information content (AvgIpc) is 3.26. The average molecular weight is 412 g/mol. The van der Waals surface area contributed by atoms with E-state index in [1.165, 1.54) is 28.0 Å². The summed E-state index contributed by atoms with van der Waals surface area (Å²) in [6.07, 6.45) is 3.66. The number of rotatable bonds is 5. The number of para-hydroxylation sites is 1. The molecule has 0 unspecified atom stereocenters. The lowest BCUT2D eigenvalue weighted by molar-refractivity contribution is -0.133. The van der Waals surface area contributed by atoms with Crippen LogP contribution in [-0.4, -0.2) is 40.8 Å². The lowest BCUT2D eigenvalue weighted by Gasteiger charge is -2.37. The molecule has 1 fully saturated rings. The number of hydrogen-bond acceptors (Lipinski definition) is 5. The highest BCUT2D eigenvalue weighted by Gasteiger charge is 2.40. The quantitative estimate of drug-likeness (QED) is 0.600. The van der Waals surface area contributed by atoms with E-state index in [1.54, 1.807) is 11.3 Å². The maximum Gasteiger partial charge on any atom is 0.237 e. The molecule has 28 heavy (non-hydrogen) atoms. The predicted octanol–water partition coefficient (Wildman–Crippen LogP) is 4.89. The molecule has 1 aliphatic heterocycles. The van der Waals surface area contributed by atoms with Crippen LogP contribution in [0.5, 0.6) is 0 Å². The first kappa shape index (κ1) is 18.3. The van der Waals surface area contributed by atoms with Crippen molar-refractivity contribution >= 4 is 38.8 Å². The number of thiophene rings is 1. The molecule has 2 atom stereocenters. The van der Waals surface area contributed by atoms with E-state index in [4.69, 9.17) is 4.98 Å². The summed E-state index contributed by atoms with van der Waals surface area (Å²) >= 11 is 3.56. The summed E-state index contributed by atoms with van der Waals surface area (Å²) in [5.74, 6) is 0.921. The number of carbonyl (C=O) groups excluding carboxylic acids is 1. The molecule has 1 saturated carbocycles. The first-order chi connectivity index (χ1) is 13.6. The third-order valence-electron chi connectivity index (χ3n) is 6.17. The van der Waals surface area contributed by atoms with Crippen LogP contribution < -0.4 is 0 Å². The molecule has 3 heterocycles. The molecule has 0 N–H and O–H groups in total. The monoisotopic (exact) mass is 411 g/mol. The number of amides is 1. The molecular weight excluding hydrogens is 386 g/mol. The van der Waals surface area contributed by atoms with Crippen LogP contribution in [0.4, 0.5) is 0 Å². The summed E-state index contributed by atoms with van der Waals surface area (Å²) in [7, 11) is 1.92. The Labute approximate surface area is 173 Å². The fraction of sp³-hybridized carbons (Fsp3) is 0.455. The summed E-state index contributed by atoms with van der Waals surface area (Å²) in [4.78, 5) is 23.7. The number of nitrogens with zero attached hydrogens (tertiary/aromatic N) is 3. The van der Waals surface area contributed by atoms with E-state index >= 15 is 0 Å². The second kappa shape index (κ2) is 7.25. The van der Waals surface area contributed by atoms with Crippen molar-refractivity contribution in [1.82, 2.24) is 14.8 Å². The van der Waals surface area contributed by atoms with Crippen LogP contribution in [0.2, 0.25) is 0 Å². The molecule has 3 aromatic rings. The van der Waals surface area contributed by atoms with Crippen molar-refractivity contribution in [3.63, 3.8) is 0 Å². The second-order valence-electron chi connectivity index (χ2n) is 8.00. The third kappa shape index (κ3) is 3.27. The molecule has 2 aliphatic rings. The zero-order valence-corrected chi connectivity index (χ0v) is 17.9. The van der Waals surface area contributed by atoms with Gasteiger partial charge in [-0.3, -0.25) is 9.69 Å². The highest BCUT2D eigenvalue weighted by Crippen LogP contribution is 2.48. The van der Waals surface area contributed by atoms with Gasteiger partial charge in [0.1, 0.15) is 5.01 Å². The van der Waals surface area contributed by atoms with E-state index in [-0.39, 0.29) is 11.9 Å². The van der Waals surface area contributed by atoms with Crippen LogP contribution in [0.15, 0.2) is 35.7 Å². The Morgan fingerprint density at radius 2 is 2.14 bits per heavy atom. The molecule has 146 valence electrons. The van der Waals surface area contributed by atoms with Gasteiger partial charge in [-0.1, -0.05) is 12.1 Å². The lowest BCUT2D eigenvalue weighted by Crippen LogP contribution is -2.44. The number of carbonyl (C=O) groups is 1. The Morgan fingerprint density at radius 1 is 1.32 bits per heavy atom. The Balaban J connectivity index is 1.32. The Morgan fingerprint density at radius 3 is 2.93 bits per heavy atom. The largest absolute Gasteiger partial charge is 0.335 e. The van der Waals surface area contributed by atoms with Gasteiger partial charge in [0.2, 0.25) is 5.91 Å². The summed E-state index contributed by atoms with van der Waals surface area (Å²) < 4.78 is 1.18. The predicted molar refractivity (Wildman–Crippen MR) is 116 cm³/mol. The van der Waals surface area contributed by atoms with Crippen LogP contribution in [0.3, 0.4) is 0 Å². The van der Waals surface area contributed by atoms with Crippen molar-refractivity contribution in [3.8, 4) is 0 Å². The van der Waals surface area contributed by atoms with E-state index < -0.39 is 0 Å². The van der Waals surface area contributed by atoms with Gasteiger partial charge in [0, 0.05) is 24.5 Å². The second-order valence-corrected chi connectivity index (χ2v) is 10.1. The Hall–Kier alpha value is -1.76. The fourth-order valence-corrected chi connectivity index (χ4v) is 6.25. The van der Waals surface area contributed by atoms with Crippen molar-refractivity contribution in [3.05, 3.63) is 51.2 Å². The van der Waals surface area contributed by atoms with Crippen LogP contribution in [0.1, 0.15) is 47.3 Å². The molecule has 1 amide bonds. The van der Waals surface area contributed by atoms with Gasteiger partial charge in [0.15, 0.2) is 0 Å². The summed E-state index contributed by atoms with van der Waals surface area (Å²) in [6, 6.07) is 10.9. The number of fused-ring (bicyclic) bond motifs is 2. The normalized spacial score (nSPS) is 20.9. The molecule has 6 heteroatoms. The highest BCUT2D eigenvalue weighted by atomic mass is 32.1. The van der Waals surface area contributed by atoms with E-state index in [1.807, 2.05) is 41.5 Å². The summed E-state index contributed by atoms with van der Waals surface area (Å²) in [5.41, 5.74) is 2.50. The van der Waals surface area contributed by atoms with E-state index in [9.17, 15) is 4.79 Å². The highest BCUT2D eigenvalue weighted by molar-refractivity contribution is 7.18. The number of aromatic nitrogens is 1. The standard InChI is InChI=1S/C22H25N3OS2/c1-14(22-23-17-5-3-4-6-19(17)28-22)24(2)20(26)13-25-11-9-18-16(10-12-27-18)21(25)15-7-8-15/h3-6,10,12,14-15,21H,7-9,11,13H2,1-2H3/t14-,21+/m1/s1. The van der Waals surface area contributed by atoms with Gasteiger partial charge in [-0.15, -0.1) is 22.7 Å². The minimum absolute atomic E-state index is 0.00854. The fourth-order valence-electron chi connectivity index (χ4n) is 4.28. The molecule has 0 bridgehead atoms. The molecule has 0 spiro atoms. The van der Waals surface area contributed by atoms with Gasteiger partial charge in [0.25, 0.3) is 0 Å². The number of hydrogen-bond donors (Lipinski definition) is 0. The van der Waals surface area contributed by atoms with Gasteiger partial charge < -0.3 is 4.90 Å². The van der Waals surface area contributed by atoms with Gasteiger partial charge >= 0.3 is 0 Å². The molecule has 0 radical (unpaired) electrons. The van der Waals surface area contributed by atoms with Crippen molar-refractivity contribution in [2.24, 2.45) is 5.92 Å². The van der Waals surface area contributed by atoms with E-state index in [0.29, 0.717) is 12.6 Å². The summed E-state index contributed by atoms with van der Waals surface area (Å²) in [6.45, 7) is 3.58. The summed E-state index contributed by atoms with van der Waals surface area (Å²) in [5, 5.41) is 3.22. The molecule has 4 nitrogen and oxygen atoms in total. The van der Waals surface area contributed by atoms with Gasteiger partial charge in [-0.05, 0) is 61.2 Å². The van der Waals surface area contributed by atoms with Crippen molar-refractivity contribution < 1.29 is 4.79 Å². The first-order valence-corrected chi connectivity index (χ1v) is 11.7. The number of benzene rings is 1. The third-order valence-corrected chi connectivity index (χ3v) is 8.37. The Kier molecular flexibility index (Phi) is 4.73. The molecule has 2 aromatic heterocycles. The van der Waals surface area contributed by atoms with E-state index in [0.717, 1.165) is 29.4 Å². The van der Waals surface area contributed by atoms with Crippen LogP contribution >= 0.6 is 22.7 Å². The zero-order valence-electron chi connectivity index (χ0n) is 16.3. The maximum atomic E-state index is 13.1. The minimum Gasteiger partial charge on any atom is -0.335 e. The molecule has 0 saturated heterocycles. The number of likely N-dealkylation sites (N-methyl/N-ethyl adjacent to an activating group) is 1. The molecular formula is C22H25N3OS2. The van der Waals surface area contributed by atoms with E-state index in [2.05, 4.69) is 29.3 Å². The van der Waals surface area contributed by atoms with Gasteiger partial charge in [-0.2, -0.15) is 0 Å². The minimum atomic E-state index is -0.00854. The van der Waals surface area contributed by atoms with Crippen molar-refractivity contribution in [2.75, 3.05) is 20.1 Å². The SMILES string of the molecule is C[C@H](c1nc2ccccc2s1)N(C)C(=O)CN1CCc2sccc2[C@@H]1C1CC1. The van der Waals surface area contributed by atoms with Crippen LogP contribution in [0.25, 0.3) is 10.2 Å². The van der Waals surface area contributed by atoms with Gasteiger partial charge in [0.05, 0.1) is 22.8 Å². The van der Waals surface area contributed by atoms with Crippen molar-refractivity contribution in [1.29, 1.82) is 0 Å². The lowest BCUT2D eigenvalue weighted by atomic mass is 9.96. The van der Waals surface area contributed by atoms with Crippen molar-refractivity contribution in [2.45, 2.75) is 38.3 Å². The molecule has 1 aliphatic carbocycles. The van der Waals surface area contributed by atoms with Crippen LogP contribution in [-0.2, 0) is 11.2 Å². The smallest absolute Gasteiger partial charge is 0.237 e. The topological polar surface area (TPSA) is 36.4 Å². The molecule has 5 rings (SSSR count). The first-order valence-electron chi connectivity index (χ1n) is 10.0. The maximum absolute atomic E-state index is 13.1. The zero-order chi connectivity index (χ0) is 19.3. The molecule has 1 aromatic carbocycles. The van der Waals surface area contributed by atoms with Gasteiger partial charge in [-0.25, -0.2) is 4.98 Å². The number of thiazole rings is 1. The van der Waals surface area contributed by atoms with Crippen LogP contribution in [0, 0.1) is 5.92 Å².